The van der Waals surface area contributed by atoms with Gasteiger partial charge in [-0.25, -0.2) is 0 Å². The third-order valence-electron chi connectivity index (χ3n) is 2.96. The van der Waals surface area contributed by atoms with Crippen LogP contribution in [0.4, 0.5) is 0 Å². The maximum absolute atomic E-state index is 12.2. The van der Waals surface area contributed by atoms with Gasteiger partial charge < -0.3 is 9.88 Å². The molecule has 18 heavy (non-hydrogen) atoms. The van der Waals surface area contributed by atoms with Gasteiger partial charge in [-0.05, 0) is 12.1 Å². The maximum Gasteiger partial charge on any atom is 0.255 e. The molecule has 1 aromatic carbocycles. The van der Waals surface area contributed by atoms with Crippen molar-refractivity contribution in [1.82, 2.24) is 9.88 Å². The fourth-order valence-electron chi connectivity index (χ4n) is 2.01. The summed E-state index contributed by atoms with van der Waals surface area (Å²) in [5.41, 5.74) is 1.56. The van der Waals surface area contributed by atoms with E-state index < -0.39 is 0 Å². The monoisotopic (exact) mass is 264 g/mol. The molecule has 0 bridgehead atoms. The highest BCUT2D eigenvalue weighted by atomic mass is 35.5. The molecule has 0 aliphatic heterocycles. The van der Waals surface area contributed by atoms with Crippen LogP contribution in [0.25, 0.3) is 10.9 Å². The Kier molecular flexibility index (Phi) is 3.73. The molecule has 2 rings (SSSR count). The van der Waals surface area contributed by atoms with Crippen LogP contribution >= 0.6 is 11.6 Å². The molecule has 0 atom stereocenters. The summed E-state index contributed by atoms with van der Waals surface area (Å²) in [5.74, 6) is 0. The van der Waals surface area contributed by atoms with Crippen molar-refractivity contribution in [2.45, 2.75) is 26.4 Å². The molecule has 2 aromatic rings. The highest BCUT2D eigenvalue weighted by Gasteiger charge is 2.09. The second-order valence-electron chi connectivity index (χ2n) is 4.75. The molecule has 1 heterocycles. The van der Waals surface area contributed by atoms with Crippen LogP contribution < -0.4 is 10.9 Å². The summed E-state index contributed by atoms with van der Waals surface area (Å²) in [5, 5.41) is 4.86. The van der Waals surface area contributed by atoms with Gasteiger partial charge >= 0.3 is 0 Å². The van der Waals surface area contributed by atoms with Crippen LogP contribution in [0.2, 0.25) is 5.02 Å². The van der Waals surface area contributed by atoms with Gasteiger partial charge in [0.1, 0.15) is 0 Å². The SMILES string of the molecule is CC(C)NCc1cc2cccc(Cl)c2n(C)c1=O. The standard InChI is InChI=1S/C14H17ClN2O/c1-9(2)16-8-11-7-10-5-4-6-12(15)13(10)17(3)14(11)18/h4-7,9,16H,8H2,1-3H3. The highest BCUT2D eigenvalue weighted by molar-refractivity contribution is 6.35. The molecule has 4 heteroatoms. The van der Waals surface area contributed by atoms with E-state index in [2.05, 4.69) is 19.2 Å². The van der Waals surface area contributed by atoms with Gasteiger partial charge in [-0.1, -0.05) is 37.6 Å². The van der Waals surface area contributed by atoms with Crippen molar-refractivity contribution < 1.29 is 0 Å². The number of benzene rings is 1. The van der Waals surface area contributed by atoms with Gasteiger partial charge in [0.15, 0.2) is 0 Å². The number of nitrogens with one attached hydrogen (secondary N) is 1. The number of aryl methyl sites for hydroxylation is 1. The Balaban J connectivity index is 2.58. The number of aromatic nitrogens is 1. The zero-order chi connectivity index (χ0) is 13.3. The fraction of sp³-hybridized carbons (Fsp3) is 0.357. The van der Waals surface area contributed by atoms with E-state index in [1.54, 1.807) is 17.7 Å². The zero-order valence-electron chi connectivity index (χ0n) is 10.8. The molecule has 1 N–H and O–H groups in total. The first-order valence-corrected chi connectivity index (χ1v) is 6.39. The topological polar surface area (TPSA) is 34.0 Å². The van der Waals surface area contributed by atoms with E-state index in [-0.39, 0.29) is 5.56 Å². The lowest BCUT2D eigenvalue weighted by Crippen LogP contribution is -2.29. The summed E-state index contributed by atoms with van der Waals surface area (Å²) in [6, 6.07) is 7.94. The summed E-state index contributed by atoms with van der Waals surface area (Å²) in [6.45, 7) is 4.69. The molecular weight excluding hydrogens is 248 g/mol. The first-order valence-electron chi connectivity index (χ1n) is 6.01. The highest BCUT2D eigenvalue weighted by Crippen LogP contribution is 2.21. The average Bonchev–Trinajstić information content (AvgIpc) is 2.31. The summed E-state index contributed by atoms with van der Waals surface area (Å²) in [6.07, 6.45) is 0. The lowest BCUT2D eigenvalue weighted by Gasteiger charge is -2.12. The Morgan fingerprint density at radius 3 is 2.78 bits per heavy atom. The molecule has 0 amide bonds. The van der Waals surface area contributed by atoms with E-state index in [1.807, 2.05) is 18.2 Å². The number of hydrogen-bond acceptors (Lipinski definition) is 2. The third kappa shape index (κ3) is 2.42. The van der Waals surface area contributed by atoms with Crippen LogP contribution in [0.5, 0.6) is 0 Å². The predicted octanol–water partition coefficient (Wildman–Crippen LogP) is 2.69. The molecule has 0 aliphatic carbocycles. The van der Waals surface area contributed by atoms with Crippen LogP contribution in [0.15, 0.2) is 29.1 Å². The molecule has 3 nitrogen and oxygen atoms in total. The van der Waals surface area contributed by atoms with E-state index in [1.165, 1.54) is 0 Å². The summed E-state index contributed by atoms with van der Waals surface area (Å²) < 4.78 is 1.62. The molecule has 1 aromatic heterocycles. The lowest BCUT2D eigenvalue weighted by molar-refractivity contribution is 0.584. The van der Waals surface area contributed by atoms with Gasteiger partial charge in [0.05, 0.1) is 10.5 Å². The molecule has 0 saturated carbocycles. The predicted molar refractivity (Wildman–Crippen MR) is 76.2 cm³/mol. The fourth-order valence-corrected chi connectivity index (χ4v) is 2.32. The summed E-state index contributed by atoms with van der Waals surface area (Å²) in [7, 11) is 1.76. The number of rotatable bonds is 3. The van der Waals surface area contributed by atoms with Crippen LogP contribution in [0, 0.1) is 0 Å². The molecule has 0 aliphatic rings. The number of fused-ring (bicyclic) bond motifs is 1. The van der Waals surface area contributed by atoms with Crippen molar-refractivity contribution >= 4 is 22.5 Å². The molecule has 0 radical (unpaired) electrons. The Morgan fingerprint density at radius 1 is 1.39 bits per heavy atom. The number of para-hydroxylation sites is 1. The second kappa shape index (κ2) is 5.12. The largest absolute Gasteiger partial charge is 0.310 e. The quantitative estimate of drug-likeness (QED) is 0.925. The van der Waals surface area contributed by atoms with E-state index in [4.69, 9.17) is 11.6 Å². The number of pyridine rings is 1. The number of hydrogen-bond donors (Lipinski definition) is 1. The van der Waals surface area contributed by atoms with Gasteiger partial charge in [0.2, 0.25) is 0 Å². The minimum absolute atomic E-state index is 0.00347. The van der Waals surface area contributed by atoms with Gasteiger partial charge in [0, 0.05) is 30.6 Å². The maximum atomic E-state index is 12.2. The second-order valence-corrected chi connectivity index (χ2v) is 5.15. The van der Waals surface area contributed by atoms with Crippen LogP contribution in [-0.2, 0) is 13.6 Å². The molecular formula is C14H17ClN2O. The molecule has 0 saturated heterocycles. The van der Waals surface area contributed by atoms with Crippen LogP contribution in [0.3, 0.4) is 0 Å². The van der Waals surface area contributed by atoms with E-state index in [9.17, 15) is 4.79 Å². The van der Waals surface area contributed by atoms with Gasteiger partial charge in [-0.2, -0.15) is 0 Å². The molecule has 0 fully saturated rings. The van der Waals surface area contributed by atoms with Crippen molar-refractivity contribution in [2.24, 2.45) is 7.05 Å². The molecule has 0 spiro atoms. The van der Waals surface area contributed by atoms with Crippen molar-refractivity contribution in [3.8, 4) is 0 Å². The van der Waals surface area contributed by atoms with E-state index in [0.29, 0.717) is 17.6 Å². The first kappa shape index (κ1) is 13.1. The van der Waals surface area contributed by atoms with Gasteiger partial charge in [-0.3, -0.25) is 4.79 Å². The van der Waals surface area contributed by atoms with Crippen LogP contribution in [0.1, 0.15) is 19.4 Å². The van der Waals surface area contributed by atoms with E-state index >= 15 is 0 Å². The van der Waals surface area contributed by atoms with Crippen molar-refractivity contribution in [3.05, 3.63) is 45.2 Å². The molecule has 96 valence electrons. The van der Waals surface area contributed by atoms with Crippen molar-refractivity contribution in [3.63, 3.8) is 0 Å². The lowest BCUT2D eigenvalue weighted by atomic mass is 10.1. The summed E-state index contributed by atoms with van der Waals surface area (Å²) in [4.78, 5) is 12.2. The van der Waals surface area contributed by atoms with Crippen molar-refractivity contribution in [2.75, 3.05) is 0 Å². The minimum Gasteiger partial charge on any atom is -0.310 e. The Morgan fingerprint density at radius 2 is 2.11 bits per heavy atom. The Bertz CT molecular complexity index is 631. The van der Waals surface area contributed by atoms with E-state index in [0.717, 1.165) is 16.5 Å². The smallest absolute Gasteiger partial charge is 0.255 e. The van der Waals surface area contributed by atoms with Gasteiger partial charge in [-0.15, -0.1) is 0 Å². The van der Waals surface area contributed by atoms with Gasteiger partial charge in [0.25, 0.3) is 5.56 Å². The number of nitrogens with zero attached hydrogens (tertiary/aromatic N) is 1. The summed E-state index contributed by atoms with van der Waals surface area (Å²) >= 11 is 6.14. The number of halogens is 1. The molecule has 0 unspecified atom stereocenters. The minimum atomic E-state index is 0.00347. The zero-order valence-corrected chi connectivity index (χ0v) is 11.6. The average molecular weight is 265 g/mol. The third-order valence-corrected chi connectivity index (χ3v) is 3.27. The Hall–Kier alpha value is -1.32. The Labute approximate surface area is 111 Å². The van der Waals surface area contributed by atoms with Crippen LogP contribution in [-0.4, -0.2) is 10.6 Å². The van der Waals surface area contributed by atoms with Crippen molar-refractivity contribution in [1.29, 1.82) is 0 Å². The normalized spacial score (nSPS) is 11.4. The first-order chi connectivity index (χ1) is 8.50.